The summed E-state index contributed by atoms with van der Waals surface area (Å²) >= 11 is 0. The monoisotopic (exact) mass is 1120 g/mol. The van der Waals surface area contributed by atoms with Crippen molar-refractivity contribution in [1.82, 2.24) is 0 Å². The van der Waals surface area contributed by atoms with Gasteiger partial charge in [-0.2, -0.15) is 0 Å². The Labute approximate surface area is 495 Å². The number of hydrogen-bond donors (Lipinski definition) is 0. The van der Waals surface area contributed by atoms with Crippen LogP contribution in [0.2, 0.25) is 0 Å². The third-order valence-electron chi connectivity index (χ3n) is 12.5. The molecule has 2 unspecified atom stereocenters. The number of nitrogens with zero attached hydrogens (tertiary/aromatic N) is 1. The molecule has 0 aromatic rings. The molecule has 0 aliphatic rings. The van der Waals surface area contributed by atoms with Gasteiger partial charge in [0.1, 0.15) is 13.2 Å². The maximum atomic E-state index is 12.9. The Bertz CT molecular complexity index is 1930. The average molecular weight is 1120 g/mol. The van der Waals surface area contributed by atoms with E-state index in [1.165, 1.54) is 25.7 Å². The van der Waals surface area contributed by atoms with Crippen molar-refractivity contribution < 1.29 is 42.9 Å². The average Bonchev–Trinajstić information content (AvgIpc) is 3.44. The number of rotatable bonds is 55. The SMILES string of the molecule is CC/C=C\C/C=C\C/C=C\C/C=C\C/C=C\C/C=C\C/C=C\C/C=C\CCCCCCC(=O)OC(COC(=O)CCCCCCCCCC/C=C\C/C=C\C/C=C\C/C=C\C/C=C\C/C=C\CC)COC(OCC[N+](C)(C)C)C(=O)[O-]. The van der Waals surface area contributed by atoms with E-state index in [9.17, 15) is 19.5 Å². The number of carboxylic acid groups (broad SMARTS) is 1. The Morgan fingerprint density at radius 2 is 0.667 bits per heavy atom. The van der Waals surface area contributed by atoms with Gasteiger partial charge in [0.2, 0.25) is 0 Å². The van der Waals surface area contributed by atoms with Gasteiger partial charge >= 0.3 is 11.9 Å². The van der Waals surface area contributed by atoms with Crippen molar-refractivity contribution in [2.75, 3.05) is 47.5 Å². The van der Waals surface area contributed by atoms with Crippen molar-refractivity contribution in [3.8, 4) is 0 Å². The number of quaternary nitrogens is 1. The number of likely N-dealkylation sites (N-methyl/N-ethyl adjacent to an activating group) is 1. The summed E-state index contributed by atoms with van der Waals surface area (Å²) in [6.45, 7) is 4.45. The molecule has 454 valence electrons. The van der Waals surface area contributed by atoms with Gasteiger partial charge < -0.3 is 33.3 Å². The van der Waals surface area contributed by atoms with Crippen LogP contribution in [0.4, 0.5) is 0 Å². The molecule has 0 radical (unpaired) electrons. The molecule has 0 aromatic carbocycles. The summed E-state index contributed by atoms with van der Waals surface area (Å²) in [5, 5.41) is 11.8. The number of allylic oxidation sites excluding steroid dienone is 28. The minimum absolute atomic E-state index is 0.130. The minimum atomic E-state index is -1.64. The molecule has 0 aliphatic heterocycles. The molecule has 2 atom stereocenters. The summed E-state index contributed by atoms with van der Waals surface area (Å²) in [5.74, 6) is -2.35. The van der Waals surface area contributed by atoms with Gasteiger partial charge in [-0.05, 0) is 128 Å². The van der Waals surface area contributed by atoms with E-state index >= 15 is 0 Å². The van der Waals surface area contributed by atoms with E-state index in [2.05, 4.69) is 184 Å². The second-order valence-corrected chi connectivity index (χ2v) is 21.2. The van der Waals surface area contributed by atoms with Crippen molar-refractivity contribution in [3.63, 3.8) is 0 Å². The molecule has 0 fully saturated rings. The molecule has 0 spiro atoms. The summed E-state index contributed by atoms with van der Waals surface area (Å²) in [6, 6.07) is 0. The van der Waals surface area contributed by atoms with Gasteiger partial charge in [0.15, 0.2) is 12.4 Å². The number of carbonyl (C=O) groups is 3. The van der Waals surface area contributed by atoms with E-state index in [-0.39, 0.29) is 38.6 Å². The normalized spacial score (nSPS) is 13.9. The third-order valence-corrected chi connectivity index (χ3v) is 12.5. The number of ether oxygens (including phenoxy) is 4. The van der Waals surface area contributed by atoms with E-state index in [1.807, 2.05) is 21.1 Å². The van der Waals surface area contributed by atoms with E-state index in [4.69, 9.17) is 18.9 Å². The first-order valence-corrected chi connectivity index (χ1v) is 31.3. The highest BCUT2D eigenvalue weighted by Gasteiger charge is 2.22. The Morgan fingerprint density at radius 3 is 0.988 bits per heavy atom. The lowest BCUT2D eigenvalue weighted by molar-refractivity contribution is -0.870. The fourth-order valence-electron chi connectivity index (χ4n) is 7.73. The maximum absolute atomic E-state index is 12.9. The first kappa shape index (κ1) is 75.7. The molecule has 0 rings (SSSR count). The number of esters is 2. The Hall–Kier alpha value is -5.35. The summed E-state index contributed by atoms with van der Waals surface area (Å²) in [4.78, 5) is 37.4. The molecular formula is C72H113NO8. The smallest absolute Gasteiger partial charge is 0.306 e. The van der Waals surface area contributed by atoms with Gasteiger partial charge in [-0.25, -0.2) is 0 Å². The molecule has 0 bridgehead atoms. The van der Waals surface area contributed by atoms with Crippen molar-refractivity contribution in [2.24, 2.45) is 0 Å². The Kier molecular flexibility index (Phi) is 56.7. The molecule has 9 heteroatoms. The van der Waals surface area contributed by atoms with Gasteiger partial charge in [0.25, 0.3) is 0 Å². The standard InChI is InChI=1S/C72H113NO8/c1-6-8-10-12-14-16-18-20-22-24-26-28-30-32-34-35-37-39-41-43-45-47-49-51-53-55-57-59-61-63-70(75)81-68(67-80-72(71(76)77)78-65-64-73(3,4)5)66-79-69(74)62-60-58-56-54-52-50-48-46-44-42-40-38-36-33-31-29-27-25-23-21-19-17-15-13-11-9-7-2/h8-11,14-17,20-23,26-29,32-34,36-37,39-40,42-43,45,49,51,68,72H,6-7,12-13,18-19,24-25,30-31,35,38,41,44,46-48,50,52-67H2,1-5H3/b10-8-,11-9-,16-14-,17-15-,22-20-,23-21-,28-26-,29-27-,34-32-,36-33-,39-37-,42-40-,45-43-,51-49-. The number of hydrogen-bond acceptors (Lipinski definition) is 8. The predicted octanol–water partition coefficient (Wildman–Crippen LogP) is 17.8. The lowest BCUT2D eigenvalue weighted by Gasteiger charge is -2.26. The number of aliphatic carboxylic acids is 1. The summed E-state index contributed by atoms with van der Waals surface area (Å²) < 4.78 is 22.7. The summed E-state index contributed by atoms with van der Waals surface area (Å²) in [5.41, 5.74) is 0. The van der Waals surface area contributed by atoms with Crippen molar-refractivity contribution in [1.29, 1.82) is 0 Å². The highest BCUT2D eigenvalue weighted by atomic mass is 16.7. The molecule has 9 nitrogen and oxygen atoms in total. The minimum Gasteiger partial charge on any atom is -0.545 e. The van der Waals surface area contributed by atoms with Crippen molar-refractivity contribution >= 4 is 17.9 Å². The van der Waals surface area contributed by atoms with Gasteiger partial charge in [0.05, 0.1) is 40.3 Å². The second-order valence-electron chi connectivity index (χ2n) is 21.2. The summed E-state index contributed by atoms with van der Waals surface area (Å²) in [7, 11) is 5.90. The van der Waals surface area contributed by atoms with Crippen LogP contribution in [0, 0.1) is 0 Å². The first-order chi connectivity index (χ1) is 39.6. The van der Waals surface area contributed by atoms with Crippen LogP contribution in [-0.4, -0.2) is 82.3 Å². The molecular weight excluding hydrogens is 1010 g/mol. The third kappa shape index (κ3) is 62.1. The van der Waals surface area contributed by atoms with E-state index in [0.29, 0.717) is 23.9 Å². The zero-order valence-corrected chi connectivity index (χ0v) is 51.6. The molecule has 0 N–H and O–H groups in total. The van der Waals surface area contributed by atoms with E-state index in [0.717, 1.165) is 141 Å². The van der Waals surface area contributed by atoms with E-state index < -0.39 is 24.3 Å². The largest absolute Gasteiger partial charge is 0.545 e. The van der Waals surface area contributed by atoms with Crippen LogP contribution in [0.3, 0.4) is 0 Å². The van der Waals surface area contributed by atoms with Crippen LogP contribution in [0.1, 0.15) is 206 Å². The lowest BCUT2D eigenvalue weighted by atomic mass is 10.1. The van der Waals surface area contributed by atoms with Crippen LogP contribution < -0.4 is 5.11 Å². The topological polar surface area (TPSA) is 111 Å². The molecule has 0 amide bonds. The quantitative estimate of drug-likeness (QED) is 0.0195. The molecule has 0 aliphatic carbocycles. The predicted molar refractivity (Wildman–Crippen MR) is 342 cm³/mol. The first-order valence-electron chi connectivity index (χ1n) is 31.3. The zero-order valence-electron chi connectivity index (χ0n) is 51.6. The molecule has 0 saturated heterocycles. The van der Waals surface area contributed by atoms with Crippen molar-refractivity contribution in [2.45, 2.75) is 219 Å². The Morgan fingerprint density at radius 1 is 0.370 bits per heavy atom. The van der Waals surface area contributed by atoms with Crippen molar-refractivity contribution in [3.05, 3.63) is 170 Å². The number of carboxylic acids is 1. The van der Waals surface area contributed by atoms with Gasteiger partial charge in [-0.3, -0.25) is 9.59 Å². The molecule has 0 saturated carbocycles. The van der Waals surface area contributed by atoms with Crippen LogP contribution in [0.5, 0.6) is 0 Å². The van der Waals surface area contributed by atoms with Gasteiger partial charge in [0, 0.05) is 12.8 Å². The number of carbonyl (C=O) groups excluding carboxylic acids is 3. The van der Waals surface area contributed by atoms with Crippen LogP contribution in [0.25, 0.3) is 0 Å². The maximum Gasteiger partial charge on any atom is 0.306 e. The van der Waals surface area contributed by atoms with Crippen LogP contribution in [0.15, 0.2) is 170 Å². The Balaban J connectivity index is 4.35. The van der Waals surface area contributed by atoms with Crippen LogP contribution >= 0.6 is 0 Å². The van der Waals surface area contributed by atoms with Gasteiger partial charge in [-0.15, -0.1) is 0 Å². The highest BCUT2D eigenvalue weighted by Crippen LogP contribution is 2.13. The van der Waals surface area contributed by atoms with Crippen LogP contribution in [-0.2, 0) is 33.3 Å². The van der Waals surface area contributed by atoms with E-state index in [1.54, 1.807) is 0 Å². The molecule has 0 heterocycles. The fraction of sp³-hybridized carbons (Fsp3) is 0.569. The van der Waals surface area contributed by atoms with Gasteiger partial charge in [-0.1, -0.05) is 235 Å². The second kappa shape index (κ2) is 60.7. The zero-order chi connectivity index (χ0) is 59.1. The highest BCUT2D eigenvalue weighted by molar-refractivity contribution is 5.70. The molecule has 81 heavy (non-hydrogen) atoms. The lowest BCUT2D eigenvalue weighted by Crippen LogP contribution is -2.44. The summed E-state index contributed by atoms with van der Waals surface area (Å²) in [6.07, 6.45) is 88.3. The molecule has 0 aromatic heterocycles. The fourth-order valence-corrected chi connectivity index (χ4v) is 7.73. The number of unbranched alkanes of at least 4 members (excludes halogenated alkanes) is 12.